The van der Waals surface area contributed by atoms with E-state index >= 15 is 0 Å². The Balaban J connectivity index is 2.16. The Hall–Kier alpha value is -1.89. The number of sulfone groups is 1. The van der Waals surface area contributed by atoms with Crippen LogP contribution in [0.4, 0.5) is 0 Å². The van der Waals surface area contributed by atoms with Gasteiger partial charge in [-0.3, -0.25) is 4.79 Å². The van der Waals surface area contributed by atoms with Crippen LogP contribution in [0, 0.1) is 0 Å². The van der Waals surface area contributed by atoms with Crippen molar-refractivity contribution in [3.8, 4) is 0 Å². The molecule has 1 heterocycles. The number of rotatable bonds is 6. The van der Waals surface area contributed by atoms with Crippen LogP contribution in [-0.4, -0.2) is 48.6 Å². The van der Waals surface area contributed by atoms with E-state index in [4.69, 9.17) is 5.11 Å². The highest BCUT2D eigenvalue weighted by atomic mass is 32.2. The molecule has 7 heteroatoms. The monoisotopic (exact) mass is 339 g/mol. The number of carbonyl (C=O) groups is 2. The lowest BCUT2D eigenvalue weighted by molar-refractivity contribution is -0.141. The number of aliphatic carboxylic acids is 1. The van der Waals surface area contributed by atoms with Gasteiger partial charge in [0.2, 0.25) is 0 Å². The van der Waals surface area contributed by atoms with Crippen LogP contribution in [0.2, 0.25) is 0 Å². The largest absolute Gasteiger partial charge is 0.480 e. The van der Waals surface area contributed by atoms with Gasteiger partial charge in [-0.05, 0) is 43.5 Å². The van der Waals surface area contributed by atoms with E-state index in [-0.39, 0.29) is 16.6 Å². The number of unbranched alkanes of at least 4 members (excludes halogenated alkanes) is 1. The molecule has 0 bridgehead atoms. The molecule has 0 aromatic heterocycles. The van der Waals surface area contributed by atoms with E-state index in [0.29, 0.717) is 31.4 Å². The van der Waals surface area contributed by atoms with Gasteiger partial charge in [-0.1, -0.05) is 13.3 Å². The van der Waals surface area contributed by atoms with Crippen LogP contribution in [0.3, 0.4) is 0 Å². The number of hydrogen-bond donors (Lipinski definition) is 1. The van der Waals surface area contributed by atoms with E-state index < -0.39 is 21.8 Å². The number of nitrogens with zero attached hydrogens (tertiary/aromatic N) is 1. The Kier molecular flexibility index (Phi) is 5.41. The van der Waals surface area contributed by atoms with Gasteiger partial charge in [0.1, 0.15) is 6.04 Å². The van der Waals surface area contributed by atoms with Gasteiger partial charge in [0.05, 0.1) is 10.6 Å². The zero-order valence-electron chi connectivity index (χ0n) is 13.1. The number of amides is 1. The third-order valence-electron chi connectivity index (χ3n) is 4.03. The fraction of sp³-hybridized carbons (Fsp3) is 0.500. The quantitative estimate of drug-likeness (QED) is 0.855. The van der Waals surface area contributed by atoms with Gasteiger partial charge >= 0.3 is 5.97 Å². The first-order chi connectivity index (χ1) is 10.9. The second kappa shape index (κ2) is 7.12. The lowest BCUT2D eigenvalue weighted by Crippen LogP contribution is -2.40. The van der Waals surface area contributed by atoms with Gasteiger partial charge in [0, 0.05) is 12.1 Å². The van der Waals surface area contributed by atoms with E-state index in [9.17, 15) is 18.0 Å². The molecule has 1 aromatic rings. The summed E-state index contributed by atoms with van der Waals surface area (Å²) in [7, 11) is -3.33. The average Bonchev–Trinajstić information content (AvgIpc) is 3.02. The molecule has 1 saturated heterocycles. The number of carbonyl (C=O) groups excluding carboxylic acids is 1. The topological polar surface area (TPSA) is 91.8 Å². The number of carboxylic acid groups (broad SMARTS) is 1. The summed E-state index contributed by atoms with van der Waals surface area (Å²) in [6.07, 6.45) is 2.50. The zero-order chi connectivity index (χ0) is 17.0. The maximum absolute atomic E-state index is 12.4. The van der Waals surface area contributed by atoms with Crippen LogP contribution in [0.15, 0.2) is 29.2 Å². The first kappa shape index (κ1) is 17.5. The van der Waals surface area contributed by atoms with Crippen molar-refractivity contribution in [1.29, 1.82) is 0 Å². The molecule has 1 fully saturated rings. The van der Waals surface area contributed by atoms with Crippen molar-refractivity contribution in [3.63, 3.8) is 0 Å². The van der Waals surface area contributed by atoms with E-state index in [2.05, 4.69) is 0 Å². The highest BCUT2D eigenvalue weighted by Gasteiger charge is 2.34. The summed E-state index contributed by atoms with van der Waals surface area (Å²) in [6.45, 7) is 2.33. The SMILES string of the molecule is CCCCS(=O)(=O)c1ccc(C(=O)N2CCC[C@H]2C(=O)O)cc1. The molecule has 126 valence electrons. The van der Waals surface area contributed by atoms with Crippen molar-refractivity contribution in [3.05, 3.63) is 29.8 Å². The Labute approximate surface area is 136 Å². The number of hydrogen-bond acceptors (Lipinski definition) is 4. The van der Waals surface area contributed by atoms with Crippen LogP contribution < -0.4 is 0 Å². The number of benzene rings is 1. The maximum Gasteiger partial charge on any atom is 0.326 e. The number of likely N-dealkylation sites (tertiary alicyclic amines) is 1. The fourth-order valence-electron chi connectivity index (χ4n) is 2.69. The van der Waals surface area contributed by atoms with E-state index in [0.717, 1.165) is 6.42 Å². The molecule has 0 saturated carbocycles. The summed E-state index contributed by atoms with van der Waals surface area (Å²) in [5, 5.41) is 9.14. The van der Waals surface area contributed by atoms with Crippen molar-refractivity contribution in [2.75, 3.05) is 12.3 Å². The Morgan fingerprint density at radius 1 is 1.26 bits per heavy atom. The second-order valence-electron chi connectivity index (χ2n) is 5.69. The highest BCUT2D eigenvalue weighted by molar-refractivity contribution is 7.91. The van der Waals surface area contributed by atoms with Crippen LogP contribution >= 0.6 is 0 Å². The third kappa shape index (κ3) is 3.90. The molecular weight excluding hydrogens is 318 g/mol. The second-order valence-corrected chi connectivity index (χ2v) is 7.80. The summed E-state index contributed by atoms with van der Waals surface area (Å²) in [5.41, 5.74) is 0.313. The molecule has 0 spiro atoms. The molecule has 0 radical (unpaired) electrons. The van der Waals surface area contributed by atoms with Gasteiger partial charge in [0.25, 0.3) is 5.91 Å². The predicted octanol–water partition coefficient (Wildman–Crippen LogP) is 1.95. The highest BCUT2D eigenvalue weighted by Crippen LogP contribution is 2.21. The summed E-state index contributed by atoms with van der Waals surface area (Å²) >= 11 is 0. The summed E-state index contributed by atoms with van der Waals surface area (Å²) in [6, 6.07) is 4.96. The minimum absolute atomic E-state index is 0.0873. The minimum Gasteiger partial charge on any atom is -0.480 e. The van der Waals surface area contributed by atoms with Crippen LogP contribution in [0.25, 0.3) is 0 Å². The van der Waals surface area contributed by atoms with Crippen molar-refractivity contribution >= 4 is 21.7 Å². The van der Waals surface area contributed by atoms with E-state index in [1.54, 1.807) is 0 Å². The molecule has 1 aliphatic rings. The zero-order valence-corrected chi connectivity index (χ0v) is 13.9. The molecule has 1 atom stereocenters. The molecule has 1 N–H and O–H groups in total. The third-order valence-corrected chi connectivity index (χ3v) is 5.84. The summed E-state index contributed by atoms with van der Waals surface area (Å²) in [5.74, 6) is -1.29. The van der Waals surface area contributed by atoms with Crippen molar-refractivity contribution in [1.82, 2.24) is 4.90 Å². The first-order valence-electron chi connectivity index (χ1n) is 7.73. The van der Waals surface area contributed by atoms with Gasteiger partial charge < -0.3 is 10.0 Å². The van der Waals surface area contributed by atoms with Crippen molar-refractivity contribution in [2.24, 2.45) is 0 Å². The summed E-state index contributed by atoms with van der Waals surface area (Å²) in [4.78, 5) is 25.1. The lowest BCUT2D eigenvalue weighted by Gasteiger charge is -2.21. The molecule has 1 aliphatic heterocycles. The van der Waals surface area contributed by atoms with Crippen molar-refractivity contribution in [2.45, 2.75) is 43.5 Å². The van der Waals surface area contributed by atoms with Gasteiger partial charge in [-0.2, -0.15) is 0 Å². The Bertz CT molecular complexity index is 681. The lowest BCUT2D eigenvalue weighted by atomic mass is 10.1. The predicted molar refractivity (Wildman–Crippen MR) is 85.1 cm³/mol. The molecule has 6 nitrogen and oxygen atoms in total. The molecule has 23 heavy (non-hydrogen) atoms. The molecule has 1 amide bonds. The average molecular weight is 339 g/mol. The van der Waals surface area contributed by atoms with Crippen LogP contribution in [-0.2, 0) is 14.6 Å². The van der Waals surface area contributed by atoms with Crippen LogP contribution in [0.5, 0.6) is 0 Å². The van der Waals surface area contributed by atoms with Crippen molar-refractivity contribution < 1.29 is 23.1 Å². The van der Waals surface area contributed by atoms with Gasteiger partial charge in [-0.15, -0.1) is 0 Å². The van der Waals surface area contributed by atoms with E-state index in [1.807, 2.05) is 6.92 Å². The fourth-order valence-corrected chi connectivity index (χ4v) is 4.14. The standard InChI is InChI=1S/C16H21NO5S/c1-2-3-11-23(21,22)13-8-6-12(7-9-13)15(18)17-10-4-5-14(17)16(19)20/h6-9,14H,2-5,10-11H2,1H3,(H,19,20)/t14-/m0/s1. The molecule has 1 aromatic carbocycles. The normalized spacial score (nSPS) is 18.1. The summed E-state index contributed by atoms with van der Waals surface area (Å²) < 4.78 is 24.2. The molecule has 2 rings (SSSR count). The van der Waals surface area contributed by atoms with E-state index in [1.165, 1.54) is 29.2 Å². The first-order valence-corrected chi connectivity index (χ1v) is 9.38. The molecular formula is C16H21NO5S. The van der Waals surface area contributed by atoms with Gasteiger partial charge in [-0.25, -0.2) is 13.2 Å². The molecule has 0 aliphatic carbocycles. The maximum atomic E-state index is 12.4. The smallest absolute Gasteiger partial charge is 0.326 e. The van der Waals surface area contributed by atoms with Crippen LogP contribution in [0.1, 0.15) is 43.0 Å². The molecule has 0 unspecified atom stereocenters. The Morgan fingerprint density at radius 3 is 2.48 bits per heavy atom. The number of carboxylic acids is 1. The Morgan fingerprint density at radius 2 is 1.91 bits per heavy atom. The minimum atomic E-state index is -3.33. The van der Waals surface area contributed by atoms with Gasteiger partial charge in [0.15, 0.2) is 9.84 Å².